The molecule has 3 aliphatic rings. The van der Waals surface area contributed by atoms with Gasteiger partial charge in [-0.3, -0.25) is 43.2 Å². The van der Waals surface area contributed by atoms with Gasteiger partial charge in [0.15, 0.2) is 55.5 Å². The number of amides is 1. The Morgan fingerprint density at radius 1 is 0.443 bits per heavy atom. The largest absolute Gasteiger partial charge is 0.463 e. The van der Waals surface area contributed by atoms with E-state index in [-0.39, 0.29) is 0 Å². The molecule has 15 atom stereocenters. The minimum Gasteiger partial charge on any atom is -0.463 e. The number of hydrogen-bond acceptors (Lipinski definition) is 24. The molecule has 3 saturated heterocycles. The van der Waals surface area contributed by atoms with Gasteiger partial charge in [-0.05, 0) is 0 Å². The predicted molar refractivity (Wildman–Crippen MR) is 189 cm³/mol. The highest BCUT2D eigenvalue weighted by atomic mass is 16.8. The van der Waals surface area contributed by atoms with Gasteiger partial charge in [-0.1, -0.05) is 0 Å². The molecule has 344 valence electrons. The predicted octanol–water partition coefficient (Wildman–Crippen LogP) is -2.86. The first-order valence-corrected chi connectivity index (χ1v) is 18.7. The maximum Gasteiger partial charge on any atom is 0.303 e. The van der Waals surface area contributed by atoms with Gasteiger partial charge in [0.25, 0.3) is 0 Å². The van der Waals surface area contributed by atoms with Gasteiger partial charge in [0.2, 0.25) is 5.91 Å². The molecule has 0 spiro atoms. The van der Waals surface area contributed by atoms with Crippen LogP contribution in [-0.2, 0) is 105 Å². The average Bonchev–Trinajstić information content (AvgIpc) is 3.12. The topological polar surface area (TPSA) is 326 Å². The standard InChI is InChI=1S/C36H51NO24/c1-13(38)37-25-29(61-36-33(57-21(9)46)31(55-19(7)44)28(53-17(5)42)24(60-36)12-50-15(3)40)26(47)22(58-34(25)48)10-51-35-32(56-20(8)45)30(54-18(6)43)27(52-16(4)41)23(59-35)11-49-14(2)39/h22-36,47-48H,10-12H2,1-9H3,(H,37,38)/t22-,23-,24-,25-,26-,27+,28+,29-,30+,31+,32-,33-,34+,35-,36+/m1/s1. The van der Waals surface area contributed by atoms with E-state index in [1.54, 1.807) is 0 Å². The molecule has 3 heterocycles. The summed E-state index contributed by atoms with van der Waals surface area (Å²) >= 11 is 0. The molecular formula is C36H51NO24. The van der Waals surface area contributed by atoms with Crippen LogP contribution in [0.3, 0.4) is 0 Å². The number of aliphatic hydroxyl groups excluding tert-OH is 2. The number of rotatable bonds is 16. The van der Waals surface area contributed by atoms with Crippen LogP contribution in [0, 0.1) is 0 Å². The van der Waals surface area contributed by atoms with Crippen LogP contribution in [0.5, 0.6) is 0 Å². The Hall–Kier alpha value is -5.05. The van der Waals surface area contributed by atoms with Crippen LogP contribution in [0.2, 0.25) is 0 Å². The third-order valence-corrected chi connectivity index (χ3v) is 8.68. The fourth-order valence-electron chi connectivity index (χ4n) is 6.59. The number of esters is 8. The molecule has 0 radical (unpaired) electrons. The SMILES string of the molecule is CC(=O)N[C@@H]1[C@@H](O[C@@H]2O[C@H](COC(C)=O)[C@H](OC(C)=O)[C@H](OC(C)=O)[C@H]2OC(C)=O)[C@H](O)[C@@H](CO[C@@H]2O[C@H](COC(C)=O)[C@H](OC(C)=O)[C@H](OC(C)=O)[C@H]2OC(C)=O)O[C@@H]1O. The lowest BCUT2D eigenvalue weighted by atomic mass is 9.95. The second-order valence-corrected chi connectivity index (χ2v) is 13.9. The van der Waals surface area contributed by atoms with E-state index in [4.69, 9.17) is 61.6 Å². The molecule has 0 aromatic rings. The molecule has 25 heteroatoms. The molecular weight excluding hydrogens is 830 g/mol. The molecule has 25 nitrogen and oxygen atoms in total. The molecule has 1 amide bonds. The molecule has 0 aromatic heterocycles. The normalized spacial score (nSPS) is 33.4. The van der Waals surface area contributed by atoms with Crippen LogP contribution in [0.4, 0.5) is 0 Å². The van der Waals surface area contributed by atoms with Gasteiger partial charge < -0.3 is 77.1 Å². The van der Waals surface area contributed by atoms with Gasteiger partial charge in [-0.15, -0.1) is 0 Å². The first-order valence-electron chi connectivity index (χ1n) is 18.7. The molecule has 0 unspecified atom stereocenters. The van der Waals surface area contributed by atoms with Gasteiger partial charge >= 0.3 is 47.8 Å². The summed E-state index contributed by atoms with van der Waals surface area (Å²) in [7, 11) is 0. The summed E-state index contributed by atoms with van der Waals surface area (Å²) in [5, 5.41) is 25.4. The van der Waals surface area contributed by atoms with E-state index in [1.807, 2.05) is 0 Å². The zero-order valence-corrected chi connectivity index (χ0v) is 34.7. The third-order valence-electron chi connectivity index (χ3n) is 8.68. The maximum absolute atomic E-state index is 12.4. The first kappa shape index (κ1) is 50.3. The number of ether oxygens (including phenoxy) is 13. The van der Waals surface area contributed by atoms with Crippen LogP contribution in [0.25, 0.3) is 0 Å². The van der Waals surface area contributed by atoms with Gasteiger partial charge in [-0.2, -0.15) is 0 Å². The van der Waals surface area contributed by atoms with E-state index in [0.717, 1.165) is 62.3 Å². The number of carbonyl (C=O) groups is 9. The summed E-state index contributed by atoms with van der Waals surface area (Å²) in [5.74, 6) is -7.95. The van der Waals surface area contributed by atoms with E-state index in [0.29, 0.717) is 0 Å². The van der Waals surface area contributed by atoms with E-state index >= 15 is 0 Å². The Labute approximate surface area is 348 Å². The highest BCUT2D eigenvalue weighted by molar-refractivity contribution is 5.73. The smallest absolute Gasteiger partial charge is 0.303 e. The van der Waals surface area contributed by atoms with Crippen molar-refractivity contribution in [3.8, 4) is 0 Å². The van der Waals surface area contributed by atoms with Crippen LogP contribution < -0.4 is 5.32 Å². The third kappa shape index (κ3) is 14.8. The van der Waals surface area contributed by atoms with Crippen LogP contribution in [0.1, 0.15) is 62.3 Å². The second-order valence-electron chi connectivity index (χ2n) is 13.9. The lowest BCUT2D eigenvalue weighted by Gasteiger charge is -2.48. The van der Waals surface area contributed by atoms with E-state index in [9.17, 15) is 53.4 Å². The Bertz CT molecular complexity index is 1620. The van der Waals surface area contributed by atoms with E-state index in [1.165, 1.54) is 0 Å². The van der Waals surface area contributed by atoms with Crippen molar-refractivity contribution in [3.63, 3.8) is 0 Å². The van der Waals surface area contributed by atoms with Gasteiger partial charge in [0, 0.05) is 62.3 Å². The van der Waals surface area contributed by atoms with Crippen LogP contribution in [0.15, 0.2) is 0 Å². The molecule has 3 fully saturated rings. The van der Waals surface area contributed by atoms with Crippen molar-refractivity contribution < 1.29 is 115 Å². The molecule has 3 aliphatic heterocycles. The van der Waals surface area contributed by atoms with Crippen molar-refractivity contribution in [2.24, 2.45) is 0 Å². The molecule has 61 heavy (non-hydrogen) atoms. The molecule has 0 aliphatic carbocycles. The quantitative estimate of drug-likeness (QED) is 0.104. The minimum atomic E-state index is -2.02. The highest BCUT2D eigenvalue weighted by Gasteiger charge is 2.57. The molecule has 3 N–H and O–H groups in total. The van der Waals surface area contributed by atoms with Crippen molar-refractivity contribution >= 4 is 53.7 Å². The Balaban J connectivity index is 2.05. The van der Waals surface area contributed by atoms with Crippen molar-refractivity contribution in [1.82, 2.24) is 5.32 Å². The van der Waals surface area contributed by atoms with Crippen molar-refractivity contribution in [3.05, 3.63) is 0 Å². The van der Waals surface area contributed by atoms with Crippen LogP contribution in [-0.4, -0.2) is 176 Å². The second kappa shape index (κ2) is 22.7. The van der Waals surface area contributed by atoms with Crippen molar-refractivity contribution in [1.29, 1.82) is 0 Å². The minimum absolute atomic E-state index is 0.594. The lowest BCUT2D eigenvalue weighted by molar-refractivity contribution is -0.350. The Kier molecular flexibility index (Phi) is 18.7. The Morgan fingerprint density at radius 3 is 1.21 bits per heavy atom. The summed E-state index contributed by atoms with van der Waals surface area (Å²) < 4.78 is 72.0. The fourth-order valence-corrected chi connectivity index (χ4v) is 6.59. The first-order chi connectivity index (χ1) is 28.5. The monoisotopic (exact) mass is 881 g/mol. The van der Waals surface area contributed by atoms with Crippen molar-refractivity contribution in [2.75, 3.05) is 19.8 Å². The summed E-state index contributed by atoms with van der Waals surface area (Å²) in [6.45, 7) is 7.17. The number of nitrogens with one attached hydrogen (secondary N) is 1. The summed E-state index contributed by atoms with van der Waals surface area (Å²) in [6.07, 6.45) is -24.0. The molecule has 0 saturated carbocycles. The van der Waals surface area contributed by atoms with Gasteiger partial charge in [-0.25, -0.2) is 0 Å². The fraction of sp³-hybridized carbons (Fsp3) is 0.750. The van der Waals surface area contributed by atoms with E-state index < -0.39 is 166 Å². The Morgan fingerprint density at radius 2 is 0.820 bits per heavy atom. The zero-order valence-electron chi connectivity index (χ0n) is 34.7. The average molecular weight is 882 g/mol. The van der Waals surface area contributed by atoms with E-state index in [2.05, 4.69) is 5.32 Å². The van der Waals surface area contributed by atoms with Crippen molar-refractivity contribution in [2.45, 2.75) is 154 Å². The number of carbonyl (C=O) groups excluding carboxylic acids is 9. The summed E-state index contributed by atoms with van der Waals surface area (Å²) in [5.41, 5.74) is 0. The van der Waals surface area contributed by atoms with Crippen LogP contribution >= 0.6 is 0 Å². The molecule has 0 bridgehead atoms. The number of aliphatic hydroxyl groups is 2. The van der Waals surface area contributed by atoms with Gasteiger partial charge in [0.1, 0.15) is 49.8 Å². The highest BCUT2D eigenvalue weighted by Crippen LogP contribution is 2.35. The zero-order chi connectivity index (χ0) is 45.9. The van der Waals surface area contributed by atoms with Gasteiger partial charge in [0.05, 0.1) is 6.61 Å². The molecule has 3 rings (SSSR count). The maximum atomic E-state index is 12.4. The summed E-state index contributed by atoms with van der Waals surface area (Å²) in [6, 6.07) is -1.64. The number of hydrogen-bond donors (Lipinski definition) is 3. The summed E-state index contributed by atoms with van der Waals surface area (Å²) in [4.78, 5) is 109. The molecule has 0 aromatic carbocycles. The lowest BCUT2D eigenvalue weighted by Crippen LogP contribution is -2.69.